The summed E-state index contributed by atoms with van der Waals surface area (Å²) in [5.41, 5.74) is 0. The van der Waals surface area contributed by atoms with E-state index in [9.17, 15) is 0 Å². The van der Waals surface area contributed by atoms with Gasteiger partial charge >= 0.3 is 0 Å². The molecule has 2 heteroatoms. The maximum Gasteiger partial charge on any atom is 0.0584 e. The fourth-order valence-corrected chi connectivity index (χ4v) is 0.883. The first kappa shape index (κ1) is 7.03. The second-order valence-corrected chi connectivity index (χ2v) is 2.73. The molecule has 0 amide bonds. The molecule has 1 saturated carbocycles. The quantitative estimate of drug-likeness (QED) is 0.579. The normalized spacial score (nSPS) is 22.0. The highest BCUT2D eigenvalue weighted by Crippen LogP contribution is 2.19. The van der Waals surface area contributed by atoms with E-state index in [-0.39, 0.29) is 6.61 Å². The van der Waals surface area contributed by atoms with Gasteiger partial charge in [-0.25, -0.2) is 0 Å². The van der Waals surface area contributed by atoms with Crippen LogP contribution in [0.4, 0.5) is 0 Å². The summed E-state index contributed by atoms with van der Waals surface area (Å²) in [6, 6.07) is 1.07. The van der Waals surface area contributed by atoms with Crippen LogP contribution in [0.1, 0.15) is 26.2 Å². The van der Waals surface area contributed by atoms with Gasteiger partial charge in [0, 0.05) is 12.1 Å². The number of rotatable bonds is 4. The fourth-order valence-electron chi connectivity index (χ4n) is 0.883. The van der Waals surface area contributed by atoms with Crippen molar-refractivity contribution in [2.75, 3.05) is 6.61 Å². The van der Waals surface area contributed by atoms with E-state index in [2.05, 4.69) is 12.2 Å². The van der Waals surface area contributed by atoms with Gasteiger partial charge in [-0.1, -0.05) is 6.92 Å². The minimum atomic E-state index is 0.285. The molecule has 9 heavy (non-hydrogen) atoms. The summed E-state index contributed by atoms with van der Waals surface area (Å²) in [5.74, 6) is 0. The maximum atomic E-state index is 8.74. The SMILES string of the molecule is CCC(CO)NC1CC1. The number of aliphatic hydroxyl groups excluding tert-OH is 1. The molecule has 0 aromatic rings. The zero-order chi connectivity index (χ0) is 6.69. The van der Waals surface area contributed by atoms with Crippen LogP contribution < -0.4 is 5.32 Å². The van der Waals surface area contributed by atoms with Gasteiger partial charge in [0.15, 0.2) is 0 Å². The third-order valence-electron chi connectivity index (χ3n) is 1.76. The van der Waals surface area contributed by atoms with Crippen LogP contribution in [0.15, 0.2) is 0 Å². The summed E-state index contributed by atoms with van der Waals surface area (Å²) in [4.78, 5) is 0. The lowest BCUT2D eigenvalue weighted by molar-refractivity contribution is 0.238. The van der Waals surface area contributed by atoms with Gasteiger partial charge in [0.25, 0.3) is 0 Å². The number of nitrogens with one attached hydrogen (secondary N) is 1. The molecule has 1 rings (SSSR count). The highest BCUT2D eigenvalue weighted by molar-refractivity contribution is 4.83. The van der Waals surface area contributed by atoms with Gasteiger partial charge in [-0.05, 0) is 19.3 Å². The third-order valence-corrected chi connectivity index (χ3v) is 1.76. The molecule has 0 radical (unpaired) electrons. The average Bonchev–Trinajstić information content (AvgIpc) is 2.66. The summed E-state index contributed by atoms with van der Waals surface area (Å²) in [6.07, 6.45) is 3.64. The average molecular weight is 129 g/mol. The van der Waals surface area contributed by atoms with Crippen molar-refractivity contribution in [1.82, 2.24) is 5.32 Å². The number of aliphatic hydroxyl groups is 1. The van der Waals surface area contributed by atoms with Crippen molar-refractivity contribution < 1.29 is 5.11 Å². The maximum absolute atomic E-state index is 8.74. The molecule has 1 unspecified atom stereocenters. The van der Waals surface area contributed by atoms with Crippen molar-refractivity contribution in [2.45, 2.75) is 38.3 Å². The molecular formula is C7H15NO. The molecule has 0 bridgehead atoms. The first-order valence-corrected chi connectivity index (χ1v) is 3.73. The van der Waals surface area contributed by atoms with E-state index in [1.165, 1.54) is 12.8 Å². The molecule has 0 spiro atoms. The molecule has 1 aliphatic rings. The van der Waals surface area contributed by atoms with Gasteiger partial charge in [0.1, 0.15) is 0 Å². The molecule has 1 aliphatic carbocycles. The zero-order valence-corrected chi connectivity index (χ0v) is 5.93. The zero-order valence-electron chi connectivity index (χ0n) is 5.93. The van der Waals surface area contributed by atoms with Crippen molar-refractivity contribution in [3.05, 3.63) is 0 Å². The lowest BCUT2D eigenvalue weighted by atomic mass is 10.2. The monoisotopic (exact) mass is 129 g/mol. The highest BCUT2D eigenvalue weighted by atomic mass is 16.3. The minimum absolute atomic E-state index is 0.285. The predicted molar refractivity (Wildman–Crippen MR) is 37.3 cm³/mol. The van der Waals surface area contributed by atoms with E-state index in [0.29, 0.717) is 6.04 Å². The smallest absolute Gasteiger partial charge is 0.0584 e. The molecular weight excluding hydrogens is 114 g/mol. The molecule has 2 N–H and O–H groups in total. The Morgan fingerprint density at radius 3 is 2.67 bits per heavy atom. The fraction of sp³-hybridized carbons (Fsp3) is 1.00. The van der Waals surface area contributed by atoms with Crippen LogP contribution in [0.3, 0.4) is 0 Å². The molecule has 0 heterocycles. The van der Waals surface area contributed by atoms with Crippen LogP contribution in [0, 0.1) is 0 Å². The molecule has 0 aromatic carbocycles. The Balaban J connectivity index is 2.05. The molecule has 2 nitrogen and oxygen atoms in total. The van der Waals surface area contributed by atoms with Crippen LogP contribution >= 0.6 is 0 Å². The van der Waals surface area contributed by atoms with E-state index < -0.39 is 0 Å². The lowest BCUT2D eigenvalue weighted by Gasteiger charge is -2.11. The van der Waals surface area contributed by atoms with Crippen LogP contribution in [-0.4, -0.2) is 23.8 Å². The van der Waals surface area contributed by atoms with Crippen molar-refractivity contribution >= 4 is 0 Å². The highest BCUT2D eigenvalue weighted by Gasteiger charge is 2.22. The number of hydrogen-bond donors (Lipinski definition) is 2. The molecule has 0 aromatic heterocycles. The first-order chi connectivity index (χ1) is 4.36. The Kier molecular flexibility index (Phi) is 2.49. The third kappa shape index (κ3) is 2.33. The van der Waals surface area contributed by atoms with Gasteiger partial charge in [-0.15, -0.1) is 0 Å². The first-order valence-electron chi connectivity index (χ1n) is 3.73. The number of hydrogen-bond acceptors (Lipinski definition) is 2. The van der Waals surface area contributed by atoms with Gasteiger partial charge in [0.2, 0.25) is 0 Å². The Bertz CT molecular complexity index is 77.0. The van der Waals surface area contributed by atoms with Crippen molar-refractivity contribution in [1.29, 1.82) is 0 Å². The van der Waals surface area contributed by atoms with E-state index in [1.807, 2.05) is 0 Å². The van der Waals surface area contributed by atoms with Crippen LogP contribution in [-0.2, 0) is 0 Å². The molecule has 0 aliphatic heterocycles. The van der Waals surface area contributed by atoms with E-state index in [0.717, 1.165) is 12.5 Å². The van der Waals surface area contributed by atoms with Crippen molar-refractivity contribution in [3.8, 4) is 0 Å². The summed E-state index contributed by atoms with van der Waals surface area (Å²) < 4.78 is 0. The lowest BCUT2D eigenvalue weighted by Crippen LogP contribution is -2.33. The molecule has 0 saturated heterocycles. The van der Waals surface area contributed by atoms with Gasteiger partial charge in [-0.2, -0.15) is 0 Å². The largest absolute Gasteiger partial charge is 0.395 e. The molecule has 54 valence electrons. The van der Waals surface area contributed by atoms with Gasteiger partial charge in [0.05, 0.1) is 6.61 Å². The Hall–Kier alpha value is -0.0800. The van der Waals surface area contributed by atoms with Crippen molar-refractivity contribution in [3.63, 3.8) is 0 Å². The molecule has 1 fully saturated rings. The predicted octanol–water partition coefficient (Wildman–Crippen LogP) is 0.509. The molecule has 1 atom stereocenters. The van der Waals surface area contributed by atoms with E-state index >= 15 is 0 Å². The Labute approximate surface area is 56.3 Å². The Morgan fingerprint density at radius 1 is 1.67 bits per heavy atom. The second-order valence-electron chi connectivity index (χ2n) is 2.73. The topological polar surface area (TPSA) is 32.3 Å². The van der Waals surface area contributed by atoms with Crippen LogP contribution in [0.25, 0.3) is 0 Å². The van der Waals surface area contributed by atoms with Crippen molar-refractivity contribution in [2.24, 2.45) is 0 Å². The summed E-state index contributed by atoms with van der Waals surface area (Å²) in [5, 5.41) is 12.1. The summed E-state index contributed by atoms with van der Waals surface area (Å²) in [7, 11) is 0. The second kappa shape index (κ2) is 3.18. The summed E-state index contributed by atoms with van der Waals surface area (Å²) in [6.45, 7) is 2.38. The summed E-state index contributed by atoms with van der Waals surface area (Å²) >= 11 is 0. The van der Waals surface area contributed by atoms with Gasteiger partial charge < -0.3 is 10.4 Å². The van der Waals surface area contributed by atoms with Crippen LogP contribution in [0.2, 0.25) is 0 Å². The van der Waals surface area contributed by atoms with Gasteiger partial charge in [-0.3, -0.25) is 0 Å². The van der Waals surface area contributed by atoms with E-state index in [1.54, 1.807) is 0 Å². The Morgan fingerprint density at radius 2 is 2.33 bits per heavy atom. The minimum Gasteiger partial charge on any atom is -0.395 e. The van der Waals surface area contributed by atoms with Crippen LogP contribution in [0.5, 0.6) is 0 Å². The van der Waals surface area contributed by atoms with E-state index in [4.69, 9.17) is 5.11 Å². The standard InChI is InChI=1S/C7H15NO/c1-2-6(5-9)8-7-3-4-7/h6-9H,2-5H2,1H3.